The molecule has 2 nitrogen and oxygen atoms in total. The first-order valence-corrected chi connectivity index (χ1v) is 4.15. The van der Waals surface area contributed by atoms with Gasteiger partial charge in [0.15, 0.2) is 0 Å². The molecule has 0 N–H and O–H groups in total. The van der Waals surface area contributed by atoms with E-state index in [1.165, 1.54) is 37.9 Å². The van der Waals surface area contributed by atoms with Crippen LogP contribution in [0.2, 0.25) is 0 Å². The van der Waals surface area contributed by atoms with E-state index in [4.69, 9.17) is 0 Å². The number of hydrogen-bond donors (Lipinski definition) is 0. The van der Waals surface area contributed by atoms with E-state index >= 15 is 0 Å². The van der Waals surface area contributed by atoms with Crippen molar-refractivity contribution in [1.82, 2.24) is 5.01 Å². The first kappa shape index (κ1) is 6.20. The van der Waals surface area contributed by atoms with Gasteiger partial charge in [-0.25, -0.2) is 0 Å². The van der Waals surface area contributed by atoms with Crippen molar-refractivity contribution in [3.8, 4) is 0 Å². The van der Waals surface area contributed by atoms with Crippen LogP contribution in [0.25, 0.3) is 0 Å². The maximum atomic E-state index is 4.46. The fraction of sp³-hybridized carbons (Fsp3) is 0.875. The van der Waals surface area contributed by atoms with Crippen molar-refractivity contribution in [3.63, 3.8) is 0 Å². The minimum atomic E-state index is 0.818. The van der Waals surface area contributed by atoms with Crippen LogP contribution in [0.5, 0.6) is 0 Å². The second-order valence-electron chi connectivity index (χ2n) is 3.37. The van der Waals surface area contributed by atoms with Crippen molar-refractivity contribution in [2.24, 2.45) is 11.0 Å². The Balaban J connectivity index is 2.10. The summed E-state index contributed by atoms with van der Waals surface area (Å²) < 4.78 is 0. The first-order valence-electron chi connectivity index (χ1n) is 4.15. The van der Waals surface area contributed by atoms with Crippen LogP contribution in [-0.4, -0.2) is 24.3 Å². The zero-order valence-electron chi connectivity index (χ0n) is 6.51. The molecule has 0 bridgehead atoms. The normalized spacial score (nSPS) is 31.9. The lowest BCUT2D eigenvalue weighted by Crippen LogP contribution is -2.19. The molecule has 56 valence electrons. The molecule has 1 saturated carbocycles. The summed E-state index contributed by atoms with van der Waals surface area (Å²) in [5.74, 6) is 0.818. The van der Waals surface area contributed by atoms with Gasteiger partial charge in [-0.05, 0) is 19.3 Å². The zero-order chi connectivity index (χ0) is 6.97. The highest BCUT2D eigenvalue weighted by Crippen LogP contribution is 2.26. The predicted octanol–water partition coefficient (Wildman–Crippen LogP) is 1.48. The van der Waals surface area contributed by atoms with Gasteiger partial charge in [0, 0.05) is 25.2 Å². The Morgan fingerprint density at radius 2 is 2.40 bits per heavy atom. The molecule has 0 aromatic rings. The number of rotatable bonds is 0. The summed E-state index contributed by atoms with van der Waals surface area (Å²) in [5.41, 5.74) is 1.47. The third-order valence-electron chi connectivity index (χ3n) is 2.49. The number of fused-ring (bicyclic) bond motifs is 1. The van der Waals surface area contributed by atoms with E-state index in [1.807, 2.05) is 0 Å². The van der Waals surface area contributed by atoms with Crippen molar-refractivity contribution in [1.29, 1.82) is 0 Å². The molecule has 2 aliphatic rings. The standard InChI is InChI=1S/C8H14N2/c1-10-6-7-4-2-3-5-8(7)9-10/h7H,2-6H2,1H3. The Morgan fingerprint density at radius 3 is 3.20 bits per heavy atom. The third kappa shape index (κ3) is 0.917. The number of nitrogens with zero attached hydrogens (tertiary/aromatic N) is 2. The Kier molecular flexibility index (Phi) is 1.40. The molecular formula is C8H14N2. The summed E-state index contributed by atoms with van der Waals surface area (Å²) in [6.07, 6.45) is 5.42. The molecule has 1 aliphatic carbocycles. The van der Waals surface area contributed by atoms with Crippen LogP contribution >= 0.6 is 0 Å². The lowest BCUT2D eigenvalue weighted by molar-refractivity contribution is 0.350. The Bertz CT molecular complexity index is 163. The lowest BCUT2D eigenvalue weighted by Gasteiger charge is -2.16. The predicted molar refractivity (Wildman–Crippen MR) is 42.0 cm³/mol. The molecule has 1 heterocycles. The maximum absolute atomic E-state index is 4.46. The van der Waals surface area contributed by atoms with Crippen molar-refractivity contribution >= 4 is 5.71 Å². The summed E-state index contributed by atoms with van der Waals surface area (Å²) in [4.78, 5) is 0. The summed E-state index contributed by atoms with van der Waals surface area (Å²) >= 11 is 0. The molecule has 2 rings (SSSR count). The van der Waals surface area contributed by atoms with E-state index in [0.29, 0.717) is 0 Å². The van der Waals surface area contributed by atoms with E-state index < -0.39 is 0 Å². The van der Waals surface area contributed by atoms with Crippen molar-refractivity contribution < 1.29 is 0 Å². The molecule has 0 aromatic carbocycles. The maximum Gasteiger partial charge on any atom is 0.0438 e. The molecular weight excluding hydrogens is 124 g/mol. The van der Waals surface area contributed by atoms with Crippen molar-refractivity contribution in [3.05, 3.63) is 0 Å². The molecule has 2 heteroatoms. The highest BCUT2D eigenvalue weighted by Gasteiger charge is 2.26. The quantitative estimate of drug-likeness (QED) is 0.495. The average Bonchev–Trinajstić information content (AvgIpc) is 2.27. The summed E-state index contributed by atoms with van der Waals surface area (Å²) in [5, 5.41) is 6.55. The zero-order valence-corrected chi connectivity index (χ0v) is 6.51. The van der Waals surface area contributed by atoms with Crippen LogP contribution < -0.4 is 0 Å². The Hall–Kier alpha value is -0.530. The van der Waals surface area contributed by atoms with Crippen LogP contribution in [0.4, 0.5) is 0 Å². The van der Waals surface area contributed by atoms with Crippen LogP contribution in [0, 0.1) is 5.92 Å². The van der Waals surface area contributed by atoms with Gasteiger partial charge in [-0.15, -0.1) is 0 Å². The fourth-order valence-electron chi connectivity index (χ4n) is 1.97. The van der Waals surface area contributed by atoms with Gasteiger partial charge >= 0.3 is 0 Å². The highest BCUT2D eigenvalue weighted by atomic mass is 15.5. The molecule has 0 aromatic heterocycles. The topological polar surface area (TPSA) is 15.6 Å². The summed E-state index contributed by atoms with van der Waals surface area (Å²) in [7, 11) is 2.07. The molecule has 0 spiro atoms. The summed E-state index contributed by atoms with van der Waals surface area (Å²) in [6, 6.07) is 0. The van der Waals surface area contributed by atoms with Gasteiger partial charge in [0.05, 0.1) is 0 Å². The summed E-state index contributed by atoms with van der Waals surface area (Å²) in [6.45, 7) is 1.18. The first-order chi connectivity index (χ1) is 4.86. The monoisotopic (exact) mass is 138 g/mol. The van der Waals surface area contributed by atoms with Gasteiger partial charge in [0.2, 0.25) is 0 Å². The second kappa shape index (κ2) is 2.26. The van der Waals surface area contributed by atoms with Crippen molar-refractivity contribution in [2.75, 3.05) is 13.6 Å². The molecule has 1 atom stereocenters. The van der Waals surface area contributed by atoms with Gasteiger partial charge in [-0.2, -0.15) is 5.10 Å². The number of hydrogen-bond acceptors (Lipinski definition) is 2. The van der Waals surface area contributed by atoms with Gasteiger partial charge in [-0.1, -0.05) is 6.42 Å². The van der Waals surface area contributed by atoms with Gasteiger partial charge < -0.3 is 0 Å². The Labute approximate surface area is 61.9 Å². The molecule has 0 amide bonds. The van der Waals surface area contributed by atoms with E-state index in [2.05, 4.69) is 17.2 Å². The minimum absolute atomic E-state index is 0.818. The van der Waals surface area contributed by atoms with Crippen LogP contribution in [-0.2, 0) is 0 Å². The molecule has 1 unspecified atom stereocenters. The molecule has 0 saturated heterocycles. The van der Waals surface area contributed by atoms with E-state index in [-0.39, 0.29) is 0 Å². The van der Waals surface area contributed by atoms with E-state index in [1.54, 1.807) is 0 Å². The molecule has 1 fully saturated rings. The van der Waals surface area contributed by atoms with Crippen LogP contribution in [0.15, 0.2) is 5.10 Å². The highest BCUT2D eigenvalue weighted by molar-refractivity contribution is 5.88. The molecule has 10 heavy (non-hydrogen) atoms. The van der Waals surface area contributed by atoms with Gasteiger partial charge in [-0.3, -0.25) is 5.01 Å². The smallest absolute Gasteiger partial charge is 0.0438 e. The SMILES string of the molecule is CN1CC2CCCCC2=N1. The fourth-order valence-corrected chi connectivity index (χ4v) is 1.97. The van der Waals surface area contributed by atoms with E-state index in [0.717, 1.165) is 5.92 Å². The van der Waals surface area contributed by atoms with Crippen molar-refractivity contribution in [2.45, 2.75) is 25.7 Å². The Morgan fingerprint density at radius 1 is 1.50 bits per heavy atom. The minimum Gasteiger partial charge on any atom is -0.299 e. The lowest BCUT2D eigenvalue weighted by atomic mass is 9.88. The van der Waals surface area contributed by atoms with Gasteiger partial charge in [0.25, 0.3) is 0 Å². The number of hydrazone groups is 1. The van der Waals surface area contributed by atoms with Crippen LogP contribution in [0.1, 0.15) is 25.7 Å². The van der Waals surface area contributed by atoms with E-state index in [9.17, 15) is 0 Å². The van der Waals surface area contributed by atoms with Gasteiger partial charge in [0.1, 0.15) is 0 Å². The third-order valence-corrected chi connectivity index (χ3v) is 2.49. The van der Waals surface area contributed by atoms with Crippen LogP contribution in [0.3, 0.4) is 0 Å². The largest absolute Gasteiger partial charge is 0.299 e. The molecule has 0 radical (unpaired) electrons. The second-order valence-corrected chi connectivity index (χ2v) is 3.37. The average molecular weight is 138 g/mol. The molecule has 1 aliphatic heterocycles.